The van der Waals surface area contributed by atoms with Gasteiger partial charge in [-0.05, 0) is 83.8 Å². The predicted molar refractivity (Wildman–Crippen MR) is 112 cm³/mol. The first kappa shape index (κ1) is 19.6. The van der Waals surface area contributed by atoms with Crippen LogP contribution in [0.25, 0.3) is 0 Å². The smallest absolute Gasteiger partial charge is 0.248 e. The minimum atomic E-state index is -0.378. The van der Waals surface area contributed by atoms with E-state index in [0.717, 1.165) is 66.7 Å². The van der Waals surface area contributed by atoms with Crippen LogP contribution in [0, 0.1) is 5.92 Å². The molecule has 0 aliphatic carbocycles. The van der Waals surface area contributed by atoms with Gasteiger partial charge in [-0.1, -0.05) is 18.2 Å². The lowest BCUT2D eigenvalue weighted by Gasteiger charge is -2.34. The topological polar surface area (TPSA) is 63.4 Å². The van der Waals surface area contributed by atoms with Gasteiger partial charge in [0.1, 0.15) is 0 Å². The molecule has 2 N–H and O–H groups in total. The normalized spacial score (nSPS) is 14.9. The van der Waals surface area contributed by atoms with E-state index in [1.807, 2.05) is 30.3 Å². The zero-order valence-electron chi connectivity index (χ0n) is 15.4. The van der Waals surface area contributed by atoms with Crippen molar-refractivity contribution in [3.63, 3.8) is 0 Å². The van der Waals surface area contributed by atoms with Crippen molar-refractivity contribution in [3.05, 3.63) is 63.6 Å². The van der Waals surface area contributed by atoms with E-state index in [-0.39, 0.29) is 5.91 Å². The van der Waals surface area contributed by atoms with Crippen LogP contribution in [0.3, 0.4) is 0 Å². The van der Waals surface area contributed by atoms with Gasteiger partial charge in [-0.2, -0.15) is 0 Å². The molecule has 27 heavy (non-hydrogen) atoms. The zero-order chi connectivity index (χ0) is 19.2. The summed E-state index contributed by atoms with van der Waals surface area (Å²) in [5, 5.41) is 0. The van der Waals surface area contributed by atoms with Crippen LogP contribution in [0.2, 0.25) is 0 Å². The molecule has 0 aromatic heterocycles. The van der Waals surface area contributed by atoms with Crippen LogP contribution in [-0.2, 0) is 6.42 Å². The summed E-state index contributed by atoms with van der Waals surface area (Å²) in [6.45, 7) is 1.99. The van der Waals surface area contributed by atoms with Gasteiger partial charge in [0.25, 0.3) is 0 Å². The molecule has 4 nitrogen and oxygen atoms in total. The number of hydrogen-bond acceptors (Lipinski definition) is 3. The molecule has 5 heteroatoms. The summed E-state index contributed by atoms with van der Waals surface area (Å²) in [6, 6.07) is 13.5. The highest BCUT2D eigenvalue weighted by Gasteiger charge is 2.21. The molecule has 0 unspecified atom stereocenters. The molecule has 0 saturated carbocycles. The summed E-state index contributed by atoms with van der Waals surface area (Å²) < 4.78 is 0.861. The fourth-order valence-corrected chi connectivity index (χ4v) is 4.26. The molecule has 2 aromatic carbocycles. The molecule has 1 fully saturated rings. The van der Waals surface area contributed by atoms with Crippen LogP contribution in [0.4, 0.5) is 5.69 Å². The van der Waals surface area contributed by atoms with Crippen molar-refractivity contribution < 1.29 is 9.59 Å². The second-order valence-electron chi connectivity index (χ2n) is 7.17. The van der Waals surface area contributed by atoms with Crippen molar-refractivity contribution in [3.8, 4) is 0 Å². The molecule has 0 spiro atoms. The van der Waals surface area contributed by atoms with E-state index < -0.39 is 0 Å². The largest absolute Gasteiger partial charge is 0.371 e. The average molecular weight is 429 g/mol. The standard InChI is InChI=1S/C22H25BrN2O2/c23-20-5-2-6-21(19(20)15-26)25-13-11-17(12-14-25)4-1-3-16-7-9-18(10-8-16)22(24)27/h2,5-10,15,17H,1,3-4,11-14H2,(H2,24,27). The van der Waals surface area contributed by atoms with Crippen LogP contribution in [0.5, 0.6) is 0 Å². The Hall–Kier alpha value is -2.14. The van der Waals surface area contributed by atoms with E-state index in [1.165, 1.54) is 12.0 Å². The molecule has 1 aliphatic rings. The first-order chi connectivity index (χ1) is 13.1. The van der Waals surface area contributed by atoms with Crippen molar-refractivity contribution in [2.45, 2.75) is 32.1 Å². The lowest BCUT2D eigenvalue weighted by molar-refractivity contribution is 0.1000. The Labute approximate surface area is 168 Å². The van der Waals surface area contributed by atoms with Crippen LogP contribution < -0.4 is 10.6 Å². The summed E-state index contributed by atoms with van der Waals surface area (Å²) in [5.74, 6) is 0.356. The number of hydrogen-bond donors (Lipinski definition) is 1. The van der Waals surface area contributed by atoms with Crippen molar-refractivity contribution in [2.24, 2.45) is 11.7 Å². The first-order valence-electron chi connectivity index (χ1n) is 9.46. The highest BCUT2D eigenvalue weighted by atomic mass is 79.9. The number of anilines is 1. The Bertz CT molecular complexity index is 796. The van der Waals surface area contributed by atoms with Crippen LogP contribution in [-0.4, -0.2) is 25.3 Å². The van der Waals surface area contributed by atoms with Crippen molar-refractivity contribution in [2.75, 3.05) is 18.0 Å². The Kier molecular flexibility index (Phi) is 6.67. The van der Waals surface area contributed by atoms with E-state index in [2.05, 4.69) is 20.8 Å². The highest BCUT2D eigenvalue weighted by Crippen LogP contribution is 2.31. The maximum atomic E-state index is 11.4. The Morgan fingerprint density at radius 1 is 1.15 bits per heavy atom. The molecule has 142 valence electrons. The van der Waals surface area contributed by atoms with Gasteiger partial charge in [0.15, 0.2) is 6.29 Å². The minimum Gasteiger partial charge on any atom is -0.371 e. The van der Waals surface area contributed by atoms with E-state index >= 15 is 0 Å². The third kappa shape index (κ3) is 4.98. The number of halogens is 1. The number of carbonyl (C=O) groups excluding carboxylic acids is 2. The van der Waals surface area contributed by atoms with E-state index in [9.17, 15) is 9.59 Å². The molecule has 3 rings (SSSR count). The fraction of sp³-hybridized carbons (Fsp3) is 0.364. The SMILES string of the molecule is NC(=O)c1ccc(CCCC2CCN(c3cccc(Br)c3C=O)CC2)cc1. The number of carbonyl (C=O) groups is 2. The van der Waals surface area contributed by atoms with E-state index in [1.54, 1.807) is 12.1 Å². The maximum absolute atomic E-state index is 11.4. The van der Waals surface area contributed by atoms with Crippen LogP contribution in [0.15, 0.2) is 46.9 Å². The number of piperidine rings is 1. The third-order valence-corrected chi connectivity index (χ3v) is 6.11. The molecule has 1 saturated heterocycles. The van der Waals surface area contributed by atoms with Gasteiger partial charge in [-0.25, -0.2) is 0 Å². The molecule has 1 aliphatic heterocycles. The molecule has 0 atom stereocenters. The summed E-state index contributed by atoms with van der Waals surface area (Å²) in [7, 11) is 0. The molecule has 0 radical (unpaired) electrons. The minimum absolute atomic E-state index is 0.378. The second kappa shape index (κ2) is 9.18. The summed E-state index contributed by atoms with van der Waals surface area (Å²) >= 11 is 3.47. The number of nitrogens with two attached hydrogens (primary N) is 1. The van der Waals surface area contributed by atoms with Gasteiger partial charge in [0.2, 0.25) is 5.91 Å². The molecule has 1 heterocycles. The molecular formula is C22H25BrN2O2. The number of aldehydes is 1. The third-order valence-electron chi connectivity index (χ3n) is 5.42. The molecule has 0 bridgehead atoms. The second-order valence-corrected chi connectivity index (χ2v) is 8.03. The predicted octanol–water partition coefficient (Wildman–Crippen LogP) is 4.60. The zero-order valence-corrected chi connectivity index (χ0v) is 17.0. The van der Waals surface area contributed by atoms with Gasteiger partial charge in [0.05, 0.1) is 5.56 Å². The maximum Gasteiger partial charge on any atom is 0.248 e. The Morgan fingerprint density at radius 2 is 1.85 bits per heavy atom. The van der Waals surface area contributed by atoms with E-state index in [4.69, 9.17) is 5.73 Å². The van der Waals surface area contributed by atoms with Gasteiger partial charge < -0.3 is 10.6 Å². The van der Waals surface area contributed by atoms with E-state index in [0.29, 0.717) is 5.56 Å². The number of primary amides is 1. The van der Waals surface area contributed by atoms with Gasteiger partial charge in [-0.3, -0.25) is 9.59 Å². The average Bonchev–Trinajstić information content (AvgIpc) is 2.69. The Balaban J connectivity index is 1.47. The molecule has 2 aromatic rings. The number of rotatable bonds is 7. The molecule has 1 amide bonds. The molecular weight excluding hydrogens is 404 g/mol. The number of aryl methyl sites for hydroxylation is 1. The Morgan fingerprint density at radius 3 is 2.48 bits per heavy atom. The van der Waals surface area contributed by atoms with Crippen LogP contribution >= 0.6 is 15.9 Å². The number of nitrogens with zero attached hydrogens (tertiary/aromatic N) is 1. The lowest BCUT2D eigenvalue weighted by Crippen LogP contribution is -2.34. The van der Waals surface area contributed by atoms with Crippen molar-refractivity contribution in [1.82, 2.24) is 0 Å². The first-order valence-corrected chi connectivity index (χ1v) is 10.2. The van der Waals surface area contributed by atoms with Crippen molar-refractivity contribution >= 4 is 33.8 Å². The quantitative estimate of drug-likeness (QED) is 0.655. The fourth-order valence-electron chi connectivity index (χ4n) is 3.81. The summed E-state index contributed by atoms with van der Waals surface area (Å²) in [4.78, 5) is 24.9. The number of benzene rings is 2. The van der Waals surface area contributed by atoms with Crippen molar-refractivity contribution in [1.29, 1.82) is 0 Å². The lowest BCUT2D eigenvalue weighted by atomic mass is 9.90. The van der Waals surface area contributed by atoms with Gasteiger partial charge >= 0.3 is 0 Å². The number of amides is 1. The monoisotopic (exact) mass is 428 g/mol. The summed E-state index contributed by atoms with van der Waals surface area (Å²) in [5.41, 5.74) is 8.87. The van der Waals surface area contributed by atoms with Crippen LogP contribution in [0.1, 0.15) is 52.0 Å². The van der Waals surface area contributed by atoms with Gasteiger partial charge in [0, 0.05) is 28.8 Å². The summed E-state index contributed by atoms with van der Waals surface area (Å²) in [6.07, 6.45) is 6.65. The highest BCUT2D eigenvalue weighted by molar-refractivity contribution is 9.10. The van der Waals surface area contributed by atoms with Gasteiger partial charge in [-0.15, -0.1) is 0 Å².